The van der Waals surface area contributed by atoms with Gasteiger partial charge in [-0.3, -0.25) is 14.4 Å². The molecule has 0 saturated carbocycles. The van der Waals surface area contributed by atoms with Crippen molar-refractivity contribution in [1.82, 2.24) is 5.32 Å². The second-order valence-electron chi connectivity index (χ2n) is 10.8. The quantitative estimate of drug-likeness (QED) is 0.276. The predicted molar refractivity (Wildman–Crippen MR) is 166 cm³/mol. The lowest BCUT2D eigenvalue weighted by Crippen LogP contribution is -2.38. The Morgan fingerprint density at radius 1 is 0.909 bits per heavy atom. The minimum Gasteiger partial charge on any atom is -0.497 e. The summed E-state index contributed by atoms with van der Waals surface area (Å²) in [4.78, 5) is 42.0. The van der Waals surface area contributed by atoms with Crippen LogP contribution in [-0.4, -0.2) is 33.0 Å². The molecule has 224 valence electrons. The molecule has 2 heterocycles. The lowest BCUT2D eigenvalue weighted by Gasteiger charge is -2.36. The summed E-state index contributed by atoms with van der Waals surface area (Å²) in [6, 6.07) is 19.5. The molecule has 0 fully saturated rings. The first-order chi connectivity index (χ1) is 21.3. The van der Waals surface area contributed by atoms with Crippen LogP contribution >= 0.6 is 0 Å². The highest BCUT2D eigenvalue weighted by Crippen LogP contribution is 2.46. The largest absolute Gasteiger partial charge is 0.497 e. The highest BCUT2D eigenvalue weighted by Gasteiger charge is 2.42. The Morgan fingerprint density at radius 3 is 2.39 bits per heavy atom. The first-order valence-corrected chi connectivity index (χ1v) is 14.2. The molecule has 0 radical (unpaired) electrons. The lowest BCUT2D eigenvalue weighted by molar-refractivity contribution is -0.116. The number of ether oxygens (including phenoxy) is 3. The summed E-state index contributed by atoms with van der Waals surface area (Å²) in [5.41, 5.74) is 3.75. The van der Waals surface area contributed by atoms with E-state index in [4.69, 9.17) is 18.6 Å². The molecule has 2 N–H and O–H groups in total. The molecular weight excluding hydrogens is 560 g/mol. The van der Waals surface area contributed by atoms with Gasteiger partial charge in [-0.15, -0.1) is 0 Å². The van der Waals surface area contributed by atoms with Crippen LogP contribution in [0.4, 0.5) is 5.69 Å². The van der Waals surface area contributed by atoms with E-state index in [1.165, 1.54) is 6.26 Å². The number of para-hydroxylation sites is 1. The second kappa shape index (κ2) is 11.8. The van der Waals surface area contributed by atoms with E-state index in [0.29, 0.717) is 57.3 Å². The number of fused-ring (bicyclic) bond motifs is 1. The van der Waals surface area contributed by atoms with Crippen LogP contribution in [0.3, 0.4) is 0 Å². The molecule has 0 saturated heterocycles. The Morgan fingerprint density at radius 2 is 1.66 bits per heavy atom. The van der Waals surface area contributed by atoms with Crippen molar-refractivity contribution in [3.8, 4) is 17.2 Å². The van der Waals surface area contributed by atoms with Crippen molar-refractivity contribution in [2.24, 2.45) is 0 Å². The van der Waals surface area contributed by atoms with E-state index in [-0.39, 0.29) is 34.7 Å². The van der Waals surface area contributed by atoms with Gasteiger partial charge >= 0.3 is 0 Å². The van der Waals surface area contributed by atoms with Gasteiger partial charge in [0, 0.05) is 40.2 Å². The van der Waals surface area contributed by atoms with Gasteiger partial charge in [-0.05, 0) is 73.4 Å². The third kappa shape index (κ3) is 5.10. The van der Waals surface area contributed by atoms with E-state index >= 15 is 0 Å². The molecule has 1 aromatic heterocycles. The third-order valence-corrected chi connectivity index (χ3v) is 8.32. The van der Waals surface area contributed by atoms with Gasteiger partial charge in [0.2, 0.25) is 0 Å². The van der Waals surface area contributed by atoms with Crippen LogP contribution in [0.5, 0.6) is 17.2 Å². The van der Waals surface area contributed by atoms with Crippen molar-refractivity contribution in [2.75, 3.05) is 26.6 Å². The maximum atomic E-state index is 14.1. The number of anilines is 1. The smallest absolute Gasteiger partial charge is 0.254 e. The van der Waals surface area contributed by atoms with Crippen LogP contribution in [0.25, 0.3) is 11.0 Å². The monoisotopic (exact) mass is 592 g/mol. The molecule has 1 aliphatic carbocycles. The van der Waals surface area contributed by atoms with Crippen LogP contribution in [0.1, 0.15) is 42.7 Å². The highest BCUT2D eigenvalue weighted by atomic mass is 16.5. The molecule has 2 atom stereocenters. The summed E-state index contributed by atoms with van der Waals surface area (Å²) >= 11 is 0. The number of rotatable bonds is 7. The number of hydrogen-bond acceptors (Lipinski definition) is 8. The number of benzene rings is 3. The molecule has 9 nitrogen and oxygen atoms in total. The standard InChI is InChI=1S/C35H32N2O7/c1-19-31(35(40)37-22-10-12-23(41-2)13-11-22)32(25-18-44-28-8-6-5-7-24(28)34(25)39)33-26(36-19)15-21(16-27(33)38)20-9-14-29(42-3)30(17-20)43-4/h5-14,17-18,21,32,36H,15-16H2,1-4H3,(H,37,40)/t21-,32+/m1/s1. The summed E-state index contributed by atoms with van der Waals surface area (Å²) in [5.74, 6) is 0.167. The number of ketones is 1. The van der Waals surface area contributed by atoms with Crippen molar-refractivity contribution >= 4 is 28.3 Å². The Balaban J connectivity index is 1.45. The number of dihydropyridines is 1. The molecule has 0 bridgehead atoms. The van der Waals surface area contributed by atoms with Gasteiger partial charge in [-0.25, -0.2) is 0 Å². The molecule has 2 aliphatic rings. The maximum Gasteiger partial charge on any atom is 0.254 e. The van der Waals surface area contributed by atoms with Crippen LogP contribution < -0.4 is 30.3 Å². The zero-order chi connectivity index (χ0) is 31.0. The van der Waals surface area contributed by atoms with Crippen molar-refractivity contribution in [1.29, 1.82) is 0 Å². The Labute approximate surface area is 254 Å². The molecule has 4 aromatic rings. The minimum absolute atomic E-state index is 0.148. The molecule has 1 aliphatic heterocycles. The van der Waals surface area contributed by atoms with Gasteiger partial charge in [0.25, 0.3) is 5.91 Å². The predicted octanol–water partition coefficient (Wildman–Crippen LogP) is 5.82. The fourth-order valence-corrected chi connectivity index (χ4v) is 6.16. The summed E-state index contributed by atoms with van der Waals surface area (Å²) in [7, 11) is 4.71. The second-order valence-corrected chi connectivity index (χ2v) is 10.8. The fraction of sp³-hybridized carbons (Fsp3) is 0.229. The maximum absolute atomic E-state index is 14.1. The van der Waals surface area contributed by atoms with Gasteiger partial charge in [-0.1, -0.05) is 18.2 Å². The Kier molecular flexibility index (Phi) is 7.69. The normalized spacial score (nSPS) is 18.0. The molecule has 0 unspecified atom stereocenters. The van der Waals surface area contributed by atoms with Crippen molar-refractivity contribution in [3.63, 3.8) is 0 Å². The number of methoxy groups -OCH3 is 3. The van der Waals surface area contributed by atoms with Crippen LogP contribution in [0, 0.1) is 0 Å². The number of nitrogens with one attached hydrogen (secondary N) is 2. The number of hydrogen-bond donors (Lipinski definition) is 2. The first-order valence-electron chi connectivity index (χ1n) is 14.2. The zero-order valence-corrected chi connectivity index (χ0v) is 24.9. The average molecular weight is 593 g/mol. The SMILES string of the molecule is COc1ccc(NC(=O)C2=C(C)NC3=C(C(=O)C[C@H](c4ccc(OC)c(OC)c4)C3)[C@H]2c2coc3ccccc3c2=O)cc1. The Bertz CT molecular complexity index is 1900. The number of Topliss-reactive ketones (excluding diaryl/α,β-unsaturated/α-hetero) is 1. The molecular formula is C35H32N2O7. The average Bonchev–Trinajstić information content (AvgIpc) is 3.04. The summed E-state index contributed by atoms with van der Waals surface area (Å²) < 4.78 is 22.0. The number of amides is 1. The molecule has 1 amide bonds. The molecule has 9 heteroatoms. The van der Waals surface area contributed by atoms with E-state index in [0.717, 1.165) is 5.56 Å². The van der Waals surface area contributed by atoms with Gasteiger partial charge in [0.15, 0.2) is 22.7 Å². The van der Waals surface area contributed by atoms with Crippen molar-refractivity contribution in [3.05, 3.63) is 117 Å². The van der Waals surface area contributed by atoms with E-state index in [1.807, 2.05) is 18.2 Å². The summed E-state index contributed by atoms with van der Waals surface area (Å²) in [6.07, 6.45) is 2.07. The van der Waals surface area contributed by atoms with Gasteiger partial charge in [0.1, 0.15) is 11.3 Å². The molecule has 6 rings (SSSR count). The van der Waals surface area contributed by atoms with Crippen LogP contribution in [0.2, 0.25) is 0 Å². The summed E-state index contributed by atoms with van der Waals surface area (Å²) in [6.45, 7) is 1.78. The highest BCUT2D eigenvalue weighted by molar-refractivity contribution is 6.10. The van der Waals surface area contributed by atoms with Gasteiger partial charge in [0.05, 0.1) is 38.9 Å². The molecule has 44 heavy (non-hydrogen) atoms. The van der Waals surface area contributed by atoms with Gasteiger partial charge < -0.3 is 29.3 Å². The number of carbonyl (C=O) groups is 2. The van der Waals surface area contributed by atoms with Crippen LogP contribution in [0.15, 0.2) is 105 Å². The molecule has 0 spiro atoms. The lowest BCUT2D eigenvalue weighted by atomic mass is 9.71. The van der Waals surface area contributed by atoms with Crippen molar-refractivity contribution in [2.45, 2.75) is 31.6 Å². The van der Waals surface area contributed by atoms with Gasteiger partial charge in [-0.2, -0.15) is 0 Å². The number of carbonyl (C=O) groups excluding carboxylic acids is 2. The van der Waals surface area contributed by atoms with Crippen LogP contribution in [-0.2, 0) is 9.59 Å². The molecule has 3 aromatic carbocycles. The zero-order valence-electron chi connectivity index (χ0n) is 24.9. The van der Waals surface area contributed by atoms with E-state index in [1.54, 1.807) is 76.8 Å². The van der Waals surface area contributed by atoms with Crippen molar-refractivity contribution < 1.29 is 28.2 Å². The van der Waals surface area contributed by atoms with E-state index in [2.05, 4.69) is 10.6 Å². The van der Waals surface area contributed by atoms with E-state index < -0.39 is 11.8 Å². The number of allylic oxidation sites excluding steroid dienone is 3. The third-order valence-electron chi connectivity index (χ3n) is 8.32. The fourth-order valence-electron chi connectivity index (χ4n) is 6.16. The Hall–Kier alpha value is -5.31. The topological polar surface area (TPSA) is 116 Å². The first kappa shape index (κ1) is 28.8. The van der Waals surface area contributed by atoms with E-state index in [9.17, 15) is 14.4 Å². The summed E-state index contributed by atoms with van der Waals surface area (Å²) in [5, 5.41) is 6.67. The minimum atomic E-state index is -0.927.